The van der Waals surface area contributed by atoms with E-state index in [-0.39, 0.29) is 11.8 Å². The van der Waals surface area contributed by atoms with Crippen molar-refractivity contribution in [3.8, 4) is 0 Å². The van der Waals surface area contributed by atoms with Gasteiger partial charge in [0, 0.05) is 5.69 Å². The molecule has 2 rings (SSSR count). The van der Waals surface area contributed by atoms with Crippen LogP contribution in [0, 0.1) is 12.7 Å². The van der Waals surface area contributed by atoms with Gasteiger partial charge >= 0.3 is 5.97 Å². The van der Waals surface area contributed by atoms with E-state index in [9.17, 15) is 9.18 Å². The smallest absolute Gasteiger partial charge is 0.331 e. The fourth-order valence-corrected chi connectivity index (χ4v) is 2.99. The molecule has 1 aromatic rings. The molecule has 0 unspecified atom stereocenters. The van der Waals surface area contributed by atoms with Crippen LogP contribution in [0.4, 0.5) is 10.1 Å². The van der Waals surface area contributed by atoms with Crippen molar-refractivity contribution < 1.29 is 13.9 Å². The summed E-state index contributed by atoms with van der Waals surface area (Å²) in [4.78, 5) is 12.2. The highest BCUT2D eigenvalue weighted by atomic mass is 19.1. The van der Waals surface area contributed by atoms with Crippen molar-refractivity contribution in [2.75, 3.05) is 12.4 Å². The number of esters is 1. The highest BCUT2D eigenvalue weighted by Gasteiger charge is 2.39. The fourth-order valence-electron chi connectivity index (χ4n) is 2.99. The first-order chi connectivity index (χ1) is 9.55. The van der Waals surface area contributed by atoms with Crippen LogP contribution in [0.1, 0.15) is 44.1 Å². The second-order valence-electron chi connectivity index (χ2n) is 5.63. The Balaban J connectivity index is 2.29. The Morgan fingerprint density at radius 1 is 1.20 bits per heavy atom. The topological polar surface area (TPSA) is 38.3 Å². The third kappa shape index (κ3) is 3.30. The van der Waals surface area contributed by atoms with Gasteiger partial charge in [0.2, 0.25) is 0 Å². The minimum atomic E-state index is -0.717. The average molecular weight is 279 g/mol. The van der Waals surface area contributed by atoms with E-state index >= 15 is 0 Å². The van der Waals surface area contributed by atoms with Gasteiger partial charge in [-0.25, -0.2) is 9.18 Å². The zero-order chi connectivity index (χ0) is 14.6. The number of hydrogen-bond donors (Lipinski definition) is 1. The van der Waals surface area contributed by atoms with E-state index in [4.69, 9.17) is 4.74 Å². The maximum absolute atomic E-state index is 13.5. The molecule has 0 radical (unpaired) electrons. The number of methoxy groups -OCH3 is 1. The van der Waals surface area contributed by atoms with Gasteiger partial charge in [-0.2, -0.15) is 0 Å². The zero-order valence-corrected chi connectivity index (χ0v) is 12.2. The van der Waals surface area contributed by atoms with E-state index in [1.807, 2.05) is 13.0 Å². The summed E-state index contributed by atoms with van der Waals surface area (Å²) in [5, 5.41) is 3.25. The number of benzene rings is 1. The van der Waals surface area contributed by atoms with Crippen molar-refractivity contribution in [1.82, 2.24) is 0 Å². The van der Waals surface area contributed by atoms with Gasteiger partial charge in [-0.05, 0) is 43.5 Å². The second kappa shape index (κ2) is 6.25. The van der Waals surface area contributed by atoms with Crippen LogP contribution in [0.15, 0.2) is 18.2 Å². The monoisotopic (exact) mass is 279 g/mol. The molecule has 0 saturated heterocycles. The molecule has 0 atom stereocenters. The molecule has 1 aliphatic carbocycles. The zero-order valence-electron chi connectivity index (χ0n) is 12.2. The van der Waals surface area contributed by atoms with Crippen LogP contribution in [-0.4, -0.2) is 18.6 Å². The minimum absolute atomic E-state index is 0.249. The lowest BCUT2D eigenvalue weighted by Gasteiger charge is -2.32. The van der Waals surface area contributed by atoms with Crippen LogP contribution in [0.5, 0.6) is 0 Å². The van der Waals surface area contributed by atoms with E-state index in [2.05, 4.69) is 5.32 Å². The van der Waals surface area contributed by atoms with Crippen molar-refractivity contribution >= 4 is 11.7 Å². The van der Waals surface area contributed by atoms with Crippen molar-refractivity contribution in [2.24, 2.45) is 0 Å². The lowest BCUT2D eigenvalue weighted by atomic mass is 9.89. The number of carbonyl (C=O) groups excluding carboxylic acids is 1. The summed E-state index contributed by atoms with van der Waals surface area (Å²) in [6.45, 7) is 1.84. The molecule has 0 aromatic heterocycles. The predicted molar refractivity (Wildman–Crippen MR) is 77.2 cm³/mol. The fraction of sp³-hybridized carbons (Fsp3) is 0.562. The molecule has 3 nitrogen and oxygen atoms in total. The molecule has 110 valence electrons. The van der Waals surface area contributed by atoms with Crippen molar-refractivity contribution in [1.29, 1.82) is 0 Å². The third-order valence-corrected chi connectivity index (χ3v) is 3.96. The molecule has 1 fully saturated rings. The molecule has 0 aliphatic heterocycles. The van der Waals surface area contributed by atoms with E-state index in [0.29, 0.717) is 5.69 Å². The first-order valence-corrected chi connectivity index (χ1v) is 7.19. The number of aryl methyl sites for hydroxylation is 1. The van der Waals surface area contributed by atoms with Crippen LogP contribution in [0.3, 0.4) is 0 Å². The number of rotatable bonds is 3. The predicted octanol–water partition coefficient (Wildman–Crippen LogP) is 3.81. The molecule has 20 heavy (non-hydrogen) atoms. The van der Waals surface area contributed by atoms with E-state index in [1.165, 1.54) is 19.2 Å². The summed E-state index contributed by atoms with van der Waals surface area (Å²) < 4.78 is 18.5. The normalized spacial score (nSPS) is 18.1. The van der Waals surface area contributed by atoms with E-state index in [0.717, 1.165) is 44.1 Å². The Kier molecular flexibility index (Phi) is 4.63. The van der Waals surface area contributed by atoms with Gasteiger partial charge in [0.15, 0.2) is 0 Å². The van der Waals surface area contributed by atoms with Crippen LogP contribution in [0.25, 0.3) is 0 Å². The lowest BCUT2D eigenvalue weighted by Crippen LogP contribution is -2.46. The summed E-state index contributed by atoms with van der Waals surface area (Å²) in [5.41, 5.74) is 0.766. The molecule has 0 spiro atoms. The van der Waals surface area contributed by atoms with E-state index < -0.39 is 5.54 Å². The van der Waals surface area contributed by atoms with Gasteiger partial charge in [-0.1, -0.05) is 25.7 Å². The number of nitrogens with one attached hydrogen (secondary N) is 1. The molecular formula is C16H22FNO2. The molecule has 0 heterocycles. The average Bonchev–Trinajstić information content (AvgIpc) is 2.63. The number of anilines is 1. The van der Waals surface area contributed by atoms with Gasteiger partial charge in [0.1, 0.15) is 11.4 Å². The SMILES string of the molecule is COC(=O)C1(Nc2cc(C)cc(F)c2)CCCCCC1. The van der Waals surface area contributed by atoms with Crippen LogP contribution >= 0.6 is 0 Å². The van der Waals surface area contributed by atoms with Gasteiger partial charge in [0.25, 0.3) is 0 Å². The third-order valence-electron chi connectivity index (χ3n) is 3.96. The van der Waals surface area contributed by atoms with E-state index in [1.54, 1.807) is 0 Å². The van der Waals surface area contributed by atoms with Crippen LogP contribution in [-0.2, 0) is 9.53 Å². The Labute approximate surface area is 119 Å². The Morgan fingerprint density at radius 2 is 1.85 bits per heavy atom. The maximum atomic E-state index is 13.5. The number of ether oxygens (including phenoxy) is 1. The molecule has 1 aliphatic rings. The summed E-state index contributed by atoms with van der Waals surface area (Å²) >= 11 is 0. The molecular weight excluding hydrogens is 257 g/mol. The van der Waals surface area contributed by atoms with Crippen molar-refractivity contribution in [3.05, 3.63) is 29.6 Å². The highest BCUT2D eigenvalue weighted by Crippen LogP contribution is 2.32. The van der Waals surface area contributed by atoms with Crippen LogP contribution in [0.2, 0.25) is 0 Å². The second-order valence-corrected chi connectivity index (χ2v) is 5.63. The Hall–Kier alpha value is -1.58. The van der Waals surface area contributed by atoms with Gasteiger partial charge in [-0.3, -0.25) is 0 Å². The van der Waals surface area contributed by atoms with Gasteiger partial charge in [-0.15, -0.1) is 0 Å². The number of hydrogen-bond acceptors (Lipinski definition) is 3. The summed E-state index contributed by atoms with van der Waals surface area (Å²) in [5.74, 6) is -0.539. The molecule has 0 amide bonds. The first kappa shape index (κ1) is 14.8. The van der Waals surface area contributed by atoms with Gasteiger partial charge in [0.05, 0.1) is 7.11 Å². The molecule has 4 heteroatoms. The summed E-state index contributed by atoms with van der Waals surface area (Å²) in [6.07, 6.45) is 5.68. The Morgan fingerprint density at radius 3 is 2.40 bits per heavy atom. The maximum Gasteiger partial charge on any atom is 0.331 e. The highest BCUT2D eigenvalue weighted by molar-refractivity contribution is 5.84. The first-order valence-electron chi connectivity index (χ1n) is 7.19. The molecule has 1 saturated carbocycles. The van der Waals surface area contributed by atoms with Gasteiger partial charge < -0.3 is 10.1 Å². The quantitative estimate of drug-likeness (QED) is 0.675. The van der Waals surface area contributed by atoms with Crippen molar-refractivity contribution in [3.63, 3.8) is 0 Å². The molecule has 1 N–H and O–H groups in total. The summed E-state index contributed by atoms with van der Waals surface area (Å²) in [6, 6.07) is 4.77. The molecule has 0 bridgehead atoms. The molecule has 1 aromatic carbocycles. The standard InChI is InChI=1S/C16H22FNO2/c1-12-9-13(17)11-14(10-12)18-16(15(19)20-2)7-5-3-4-6-8-16/h9-11,18H,3-8H2,1-2H3. The minimum Gasteiger partial charge on any atom is -0.467 e. The van der Waals surface area contributed by atoms with Crippen molar-refractivity contribution in [2.45, 2.75) is 51.0 Å². The number of carbonyl (C=O) groups is 1. The largest absolute Gasteiger partial charge is 0.467 e. The summed E-state index contributed by atoms with van der Waals surface area (Å²) in [7, 11) is 1.41. The lowest BCUT2D eigenvalue weighted by molar-refractivity contribution is -0.146. The Bertz CT molecular complexity index is 459. The number of halogens is 1. The van der Waals surface area contributed by atoms with Crippen LogP contribution < -0.4 is 5.32 Å².